The number of fused-ring (bicyclic) bond motifs is 3. The van der Waals surface area contributed by atoms with E-state index in [1.807, 2.05) is 43.0 Å². The molecule has 58 heavy (non-hydrogen) atoms. The number of carbonyl (C=O) groups excluding carboxylic acids is 3. The number of nitrogens with one attached hydrogen (secondary N) is 4. The minimum atomic E-state index is -1.82. The number of ether oxygens (including phenoxy) is 1. The number of alkyl carbamates (subject to hydrolysis) is 1. The third-order valence-corrected chi connectivity index (χ3v) is 14.5. The zero-order valence-corrected chi connectivity index (χ0v) is 35.4. The van der Waals surface area contributed by atoms with Gasteiger partial charge < -0.3 is 35.3 Å². The van der Waals surface area contributed by atoms with Crippen LogP contribution in [0.4, 0.5) is 9.18 Å². The summed E-state index contributed by atoms with van der Waals surface area (Å²) < 4.78 is 20.8. The predicted molar refractivity (Wildman–Crippen MR) is 225 cm³/mol. The number of aliphatic hydroxyl groups is 1. The van der Waals surface area contributed by atoms with Crippen LogP contribution in [0, 0.1) is 17.7 Å². The number of rotatable bonds is 12. The SMILES string of the molecule is COC(=O)N[C@H](C(=O)N1C[Si](C)(C)C[C@H]1c1ncc(-c2ccc(-c3ccc4c(ccc5nc([C@@H]6CCCN6C[C@@H](NC(=O)CO)C(C)C)[nH]c54)c3)cc2F)[nH]1)C(C)C. The van der Waals surface area contributed by atoms with Crippen LogP contribution < -0.4 is 10.6 Å². The van der Waals surface area contributed by atoms with Gasteiger partial charge >= 0.3 is 6.09 Å². The number of likely N-dealkylation sites (tertiary alicyclic amines) is 1. The van der Waals surface area contributed by atoms with Crippen molar-refractivity contribution < 1.29 is 28.6 Å². The van der Waals surface area contributed by atoms with Crippen LogP contribution in [0.5, 0.6) is 0 Å². The maximum atomic E-state index is 16.0. The highest BCUT2D eigenvalue weighted by molar-refractivity contribution is 6.78. The van der Waals surface area contributed by atoms with Gasteiger partial charge in [0.1, 0.15) is 30.1 Å². The van der Waals surface area contributed by atoms with Gasteiger partial charge in [-0.15, -0.1) is 0 Å². The topological polar surface area (TPSA) is 169 Å². The Bertz CT molecular complexity index is 2320. The highest BCUT2D eigenvalue weighted by Crippen LogP contribution is 2.39. The van der Waals surface area contributed by atoms with Gasteiger partial charge in [0.05, 0.1) is 50.2 Å². The van der Waals surface area contributed by atoms with E-state index in [1.165, 1.54) is 7.11 Å². The zero-order chi connectivity index (χ0) is 41.5. The lowest BCUT2D eigenvalue weighted by Crippen LogP contribution is -2.52. The molecule has 15 heteroatoms. The molecule has 2 saturated heterocycles. The summed E-state index contributed by atoms with van der Waals surface area (Å²) in [5, 5.41) is 17.0. The molecule has 2 fully saturated rings. The molecule has 0 bridgehead atoms. The molecule has 3 aromatic carbocycles. The zero-order valence-electron chi connectivity index (χ0n) is 34.4. The molecule has 5 aromatic rings. The monoisotopic (exact) mass is 810 g/mol. The maximum Gasteiger partial charge on any atom is 0.407 e. The first-order valence-corrected chi connectivity index (χ1v) is 23.6. The summed E-state index contributed by atoms with van der Waals surface area (Å²) in [6.07, 6.45) is 3.57. The van der Waals surface area contributed by atoms with Crippen LogP contribution in [0.15, 0.2) is 54.7 Å². The van der Waals surface area contributed by atoms with Gasteiger partial charge in [-0.25, -0.2) is 19.2 Å². The molecule has 5 N–H and O–H groups in total. The Morgan fingerprint density at radius 3 is 2.45 bits per heavy atom. The van der Waals surface area contributed by atoms with Gasteiger partial charge in [0.15, 0.2) is 0 Å². The average molecular weight is 811 g/mol. The number of methoxy groups -OCH3 is 1. The molecule has 308 valence electrons. The number of benzene rings is 3. The normalized spacial score (nSPS) is 19.3. The van der Waals surface area contributed by atoms with E-state index in [0.717, 1.165) is 64.2 Å². The Kier molecular flexibility index (Phi) is 11.8. The van der Waals surface area contributed by atoms with Gasteiger partial charge in [-0.05, 0) is 78.0 Å². The molecule has 0 aliphatic carbocycles. The van der Waals surface area contributed by atoms with E-state index in [0.29, 0.717) is 29.8 Å². The fourth-order valence-electron chi connectivity index (χ4n) is 8.63. The minimum absolute atomic E-state index is 0.0855. The number of hydrogen-bond acceptors (Lipinski definition) is 8. The Hall–Kier alpha value is -5.12. The second-order valence-electron chi connectivity index (χ2n) is 17.3. The lowest BCUT2D eigenvalue weighted by molar-refractivity contribution is -0.135. The number of halogens is 1. The third kappa shape index (κ3) is 8.38. The lowest BCUT2D eigenvalue weighted by Gasteiger charge is -2.30. The summed E-state index contributed by atoms with van der Waals surface area (Å²) in [5.41, 5.74) is 4.34. The molecule has 7 rings (SSSR count). The van der Waals surface area contributed by atoms with E-state index in [-0.39, 0.29) is 41.8 Å². The van der Waals surface area contributed by atoms with E-state index < -0.39 is 32.6 Å². The van der Waals surface area contributed by atoms with Crippen molar-refractivity contribution in [3.05, 3.63) is 72.2 Å². The molecule has 13 nitrogen and oxygen atoms in total. The van der Waals surface area contributed by atoms with Gasteiger partial charge in [-0.3, -0.25) is 14.5 Å². The molecule has 4 atom stereocenters. The van der Waals surface area contributed by atoms with Crippen molar-refractivity contribution in [2.75, 3.05) is 33.0 Å². The second kappa shape index (κ2) is 16.6. The molecule has 0 radical (unpaired) electrons. The van der Waals surface area contributed by atoms with E-state index in [9.17, 15) is 19.5 Å². The lowest BCUT2D eigenvalue weighted by atomic mass is 9.99. The van der Waals surface area contributed by atoms with Crippen molar-refractivity contribution in [3.8, 4) is 22.4 Å². The molecule has 0 spiro atoms. The predicted octanol–water partition coefficient (Wildman–Crippen LogP) is 6.69. The number of aromatic amines is 2. The Labute approximate surface area is 339 Å². The summed E-state index contributed by atoms with van der Waals surface area (Å²) >= 11 is 0. The van der Waals surface area contributed by atoms with Crippen LogP contribution in [0.25, 0.3) is 44.2 Å². The molecule has 3 amide bonds. The molecule has 0 saturated carbocycles. The summed E-state index contributed by atoms with van der Waals surface area (Å²) in [6.45, 7) is 13.4. The Morgan fingerprint density at radius 2 is 1.74 bits per heavy atom. The van der Waals surface area contributed by atoms with Crippen molar-refractivity contribution in [1.29, 1.82) is 0 Å². The highest BCUT2D eigenvalue weighted by Gasteiger charge is 2.46. The van der Waals surface area contributed by atoms with Crippen molar-refractivity contribution >= 4 is 47.8 Å². The summed E-state index contributed by atoms with van der Waals surface area (Å²) in [4.78, 5) is 58.8. The van der Waals surface area contributed by atoms with Gasteiger partial charge in [0.25, 0.3) is 0 Å². The number of amides is 3. The van der Waals surface area contributed by atoms with Gasteiger partial charge in [0, 0.05) is 29.7 Å². The molecule has 4 heterocycles. The van der Waals surface area contributed by atoms with Crippen molar-refractivity contribution in [1.82, 2.24) is 40.4 Å². The first kappa shape index (κ1) is 41.1. The molecule has 2 aliphatic rings. The second-order valence-corrected chi connectivity index (χ2v) is 22.4. The Balaban J connectivity index is 1.10. The number of carbonyl (C=O) groups is 3. The van der Waals surface area contributed by atoms with Gasteiger partial charge in [-0.2, -0.15) is 0 Å². The average Bonchev–Trinajstić information content (AvgIpc) is 4.01. The fourth-order valence-corrected chi connectivity index (χ4v) is 11.5. The van der Waals surface area contributed by atoms with Crippen molar-refractivity contribution in [2.45, 2.75) is 83.8 Å². The molecule has 2 aliphatic heterocycles. The first-order valence-electron chi connectivity index (χ1n) is 20.2. The number of hydrogen-bond donors (Lipinski definition) is 5. The summed E-state index contributed by atoms with van der Waals surface area (Å²) in [5.74, 6) is 0.605. The Morgan fingerprint density at radius 1 is 0.983 bits per heavy atom. The summed E-state index contributed by atoms with van der Waals surface area (Å²) in [6, 6.07) is 15.1. The van der Waals surface area contributed by atoms with Crippen LogP contribution in [-0.4, -0.2) is 106 Å². The quantitative estimate of drug-likeness (QED) is 0.0869. The number of aliphatic hydroxyl groups excluding tert-OH is 1. The van der Waals surface area contributed by atoms with Crippen molar-refractivity contribution in [2.24, 2.45) is 11.8 Å². The first-order chi connectivity index (χ1) is 27.7. The third-order valence-electron chi connectivity index (χ3n) is 11.8. The fraction of sp³-hybridized carbons (Fsp3) is 0.465. The van der Waals surface area contributed by atoms with Crippen LogP contribution >= 0.6 is 0 Å². The van der Waals surface area contributed by atoms with E-state index in [2.05, 4.69) is 69.6 Å². The van der Waals surface area contributed by atoms with Crippen LogP contribution in [-0.2, 0) is 14.3 Å². The van der Waals surface area contributed by atoms with Gasteiger partial charge in [-0.1, -0.05) is 65.1 Å². The maximum absolute atomic E-state index is 16.0. The molecule has 0 unspecified atom stereocenters. The smallest absolute Gasteiger partial charge is 0.407 e. The molecule has 2 aromatic heterocycles. The van der Waals surface area contributed by atoms with E-state index in [4.69, 9.17) is 9.72 Å². The van der Waals surface area contributed by atoms with Crippen molar-refractivity contribution in [3.63, 3.8) is 0 Å². The van der Waals surface area contributed by atoms with Crippen LogP contribution in [0.2, 0.25) is 19.1 Å². The largest absolute Gasteiger partial charge is 0.453 e. The minimum Gasteiger partial charge on any atom is -0.453 e. The number of H-pyrrole nitrogens is 2. The standard InChI is InChI=1S/C43H55FN8O5Si/c1-24(2)34(46-37(54)21-53)20-51-16-8-9-35(51)41-47-32-15-12-28-17-26(10-13-29(28)39(32)49-41)27-11-14-30(31(44)18-27)33-19-45-40(48-33)36-22-58(6,7)23-52(36)42(55)38(25(3)4)50-43(56)57-5/h10-15,17-19,24-25,34-36,38,53H,8-9,16,20-23H2,1-7H3,(H,45,48)(H,46,54)(H,47,49)(H,50,56)/t34-,35+,36+,38+/m1/s1. The van der Waals surface area contributed by atoms with Gasteiger partial charge in [0.2, 0.25) is 11.8 Å². The number of imidazole rings is 2. The van der Waals surface area contributed by atoms with Crippen LogP contribution in [0.1, 0.15) is 64.3 Å². The number of nitrogens with zero attached hydrogens (tertiary/aromatic N) is 4. The summed E-state index contributed by atoms with van der Waals surface area (Å²) in [7, 11) is -0.546. The van der Waals surface area contributed by atoms with E-state index >= 15 is 4.39 Å². The number of aromatic nitrogens is 4. The van der Waals surface area contributed by atoms with Crippen LogP contribution in [0.3, 0.4) is 0 Å². The molecular formula is C43H55FN8O5Si. The molecular weight excluding hydrogens is 756 g/mol. The highest BCUT2D eigenvalue weighted by atomic mass is 28.3. The van der Waals surface area contributed by atoms with E-state index in [1.54, 1.807) is 18.3 Å².